The Morgan fingerprint density at radius 3 is 2.42 bits per heavy atom. The Balaban J connectivity index is 1.89. The van der Waals surface area contributed by atoms with Crippen molar-refractivity contribution < 1.29 is 0 Å². The lowest BCUT2D eigenvalue weighted by atomic mass is 10.1. The monoisotopic (exact) mass is 311 g/mol. The van der Waals surface area contributed by atoms with E-state index in [1.54, 1.807) is 30.5 Å². The van der Waals surface area contributed by atoms with E-state index in [4.69, 9.17) is 15.8 Å². The van der Waals surface area contributed by atoms with Crippen molar-refractivity contribution in [2.24, 2.45) is 0 Å². The highest BCUT2D eigenvalue weighted by Crippen LogP contribution is 2.21. The van der Waals surface area contributed by atoms with Crippen LogP contribution in [0.15, 0.2) is 60.2 Å². The van der Waals surface area contributed by atoms with Crippen LogP contribution in [0, 0.1) is 34.0 Å². The van der Waals surface area contributed by atoms with Crippen LogP contribution in [0.2, 0.25) is 0 Å². The molecular formula is C17H9N7. The van der Waals surface area contributed by atoms with Gasteiger partial charge in [-0.15, -0.1) is 0 Å². The van der Waals surface area contributed by atoms with E-state index in [1.165, 1.54) is 0 Å². The molecule has 0 saturated carbocycles. The van der Waals surface area contributed by atoms with Crippen molar-refractivity contribution in [3.63, 3.8) is 0 Å². The van der Waals surface area contributed by atoms with Crippen LogP contribution in [0.4, 0.5) is 5.69 Å². The molecule has 0 atom stereocenters. The van der Waals surface area contributed by atoms with Gasteiger partial charge in [-0.3, -0.25) is 4.40 Å². The van der Waals surface area contributed by atoms with E-state index < -0.39 is 0 Å². The van der Waals surface area contributed by atoms with E-state index in [0.29, 0.717) is 11.5 Å². The van der Waals surface area contributed by atoms with Crippen LogP contribution in [-0.4, -0.2) is 14.4 Å². The summed E-state index contributed by atoms with van der Waals surface area (Å²) in [5, 5.41) is 29.5. The second-order valence-electron chi connectivity index (χ2n) is 4.74. The number of benzene rings is 1. The van der Waals surface area contributed by atoms with Gasteiger partial charge >= 0.3 is 0 Å². The maximum Gasteiger partial charge on any atom is 0.234 e. The summed E-state index contributed by atoms with van der Waals surface area (Å²) in [5.41, 5.74) is 1.92. The van der Waals surface area contributed by atoms with Crippen molar-refractivity contribution in [2.75, 3.05) is 5.32 Å². The SMILES string of the molecule is N#CC(C#N)=C(C#N)Nc1ccc(-c2cn3cccnc3n2)cc1. The first-order chi connectivity index (χ1) is 11.7. The smallest absolute Gasteiger partial charge is 0.234 e. The Hall–Kier alpha value is -4.15. The maximum atomic E-state index is 9.04. The number of anilines is 1. The standard InChI is InChI=1S/C17H9N7/c18-8-13(9-19)15(10-20)22-14-4-2-12(3-5-14)16-11-24-7-1-6-21-17(24)23-16/h1-7,11,22H. The summed E-state index contributed by atoms with van der Waals surface area (Å²) in [7, 11) is 0. The summed E-state index contributed by atoms with van der Waals surface area (Å²) >= 11 is 0. The van der Waals surface area contributed by atoms with Crippen LogP contribution >= 0.6 is 0 Å². The van der Waals surface area contributed by atoms with Crippen LogP contribution in [-0.2, 0) is 0 Å². The van der Waals surface area contributed by atoms with Gasteiger partial charge in [0.15, 0.2) is 5.57 Å². The lowest BCUT2D eigenvalue weighted by molar-refractivity contribution is 1.11. The molecule has 2 aromatic heterocycles. The summed E-state index contributed by atoms with van der Waals surface area (Å²) in [6, 6.07) is 14.2. The number of nitrogens with one attached hydrogen (secondary N) is 1. The second-order valence-corrected chi connectivity index (χ2v) is 4.74. The highest BCUT2D eigenvalue weighted by Gasteiger charge is 2.08. The normalized spacial score (nSPS) is 9.54. The first kappa shape index (κ1) is 14.8. The molecule has 0 spiro atoms. The molecule has 7 nitrogen and oxygen atoms in total. The predicted molar refractivity (Wildman–Crippen MR) is 85.9 cm³/mol. The van der Waals surface area contributed by atoms with Crippen molar-refractivity contribution in [3.05, 3.63) is 60.2 Å². The lowest BCUT2D eigenvalue weighted by Gasteiger charge is -2.05. The van der Waals surface area contributed by atoms with Gasteiger partial charge in [-0.1, -0.05) is 12.1 Å². The highest BCUT2D eigenvalue weighted by atomic mass is 15.1. The van der Waals surface area contributed by atoms with Gasteiger partial charge in [0.2, 0.25) is 5.78 Å². The number of fused-ring (bicyclic) bond motifs is 1. The third-order valence-electron chi connectivity index (χ3n) is 3.27. The van der Waals surface area contributed by atoms with E-state index in [9.17, 15) is 0 Å². The molecule has 1 aromatic carbocycles. The highest BCUT2D eigenvalue weighted by molar-refractivity contribution is 5.66. The second kappa shape index (κ2) is 6.31. The topological polar surface area (TPSA) is 114 Å². The Bertz CT molecular complexity index is 1000. The van der Waals surface area contributed by atoms with E-state index in [0.717, 1.165) is 11.3 Å². The molecule has 0 unspecified atom stereocenters. The Labute approximate surface area is 137 Å². The first-order valence-corrected chi connectivity index (χ1v) is 6.87. The quantitative estimate of drug-likeness (QED) is 0.744. The van der Waals surface area contributed by atoms with Crippen molar-refractivity contribution in [3.8, 4) is 29.5 Å². The van der Waals surface area contributed by atoms with Gasteiger partial charge < -0.3 is 5.32 Å². The fourth-order valence-corrected chi connectivity index (χ4v) is 2.12. The van der Waals surface area contributed by atoms with Gasteiger partial charge in [0.05, 0.1) is 5.69 Å². The summed E-state index contributed by atoms with van der Waals surface area (Å²) in [5.74, 6) is 0.608. The minimum atomic E-state index is -0.256. The van der Waals surface area contributed by atoms with Gasteiger partial charge in [-0.05, 0) is 18.2 Å². The zero-order valence-electron chi connectivity index (χ0n) is 12.3. The van der Waals surface area contributed by atoms with Gasteiger partial charge in [-0.25, -0.2) is 9.97 Å². The molecule has 0 aliphatic heterocycles. The van der Waals surface area contributed by atoms with Gasteiger partial charge in [0, 0.05) is 29.8 Å². The molecule has 1 N–H and O–H groups in total. The molecule has 0 aliphatic rings. The molecule has 112 valence electrons. The Morgan fingerprint density at radius 2 is 1.79 bits per heavy atom. The van der Waals surface area contributed by atoms with Gasteiger partial charge in [-0.2, -0.15) is 15.8 Å². The molecule has 2 heterocycles. The van der Waals surface area contributed by atoms with Crippen LogP contribution in [0.5, 0.6) is 0 Å². The third kappa shape index (κ3) is 2.76. The fourth-order valence-electron chi connectivity index (χ4n) is 2.12. The number of hydrogen-bond donors (Lipinski definition) is 1. The summed E-state index contributed by atoms with van der Waals surface area (Å²) < 4.78 is 1.82. The van der Waals surface area contributed by atoms with E-state index in [2.05, 4.69) is 15.3 Å². The summed E-state index contributed by atoms with van der Waals surface area (Å²) in [6.07, 6.45) is 5.41. The van der Waals surface area contributed by atoms with Crippen LogP contribution in [0.3, 0.4) is 0 Å². The molecule has 0 bridgehead atoms. The third-order valence-corrected chi connectivity index (χ3v) is 3.27. The number of allylic oxidation sites excluding steroid dienone is 2. The molecule has 0 aliphatic carbocycles. The minimum Gasteiger partial charge on any atom is -0.345 e. The zero-order valence-corrected chi connectivity index (χ0v) is 12.3. The molecule has 3 rings (SSSR count). The average molecular weight is 311 g/mol. The number of nitriles is 3. The van der Waals surface area contributed by atoms with Crippen molar-refractivity contribution in [2.45, 2.75) is 0 Å². The number of nitrogens with zero attached hydrogens (tertiary/aromatic N) is 6. The van der Waals surface area contributed by atoms with E-state index >= 15 is 0 Å². The average Bonchev–Trinajstić information content (AvgIpc) is 3.06. The molecule has 3 aromatic rings. The van der Waals surface area contributed by atoms with Crippen molar-refractivity contribution in [1.29, 1.82) is 15.8 Å². The maximum absolute atomic E-state index is 9.04. The molecule has 0 fully saturated rings. The minimum absolute atomic E-state index is 0.0790. The number of imidazole rings is 1. The van der Waals surface area contributed by atoms with Crippen LogP contribution < -0.4 is 5.32 Å². The van der Waals surface area contributed by atoms with Crippen LogP contribution in [0.1, 0.15) is 0 Å². The zero-order chi connectivity index (χ0) is 16.9. The van der Waals surface area contributed by atoms with Crippen molar-refractivity contribution >= 4 is 11.5 Å². The van der Waals surface area contributed by atoms with Gasteiger partial charge in [0.1, 0.15) is 23.9 Å². The molecule has 0 radical (unpaired) electrons. The summed E-state index contributed by atoms with van der Waals surface area (Å²) in [4.78, 5) is 8.60. The number of hydrogen-bond acceptors (Lipinski definition) is 6. The molecule has 7 heteroatoms. The first-order valence-electron chi connectivity index (χ1n) is 6.87. The lowest BCUT2D eigenvalue weighted by Crippen LogP contribution is -2.00. The molecule has 0 amide bonds. The number of aromatic nitrogens is 3. The van der Waals surface area contributed by atoms with Crippen LogP contribution in [0.25, 0.3) is 17.0 Å². The molecule has 0 saturated heterocycles. The predicted octanol–water partition coefficient (Wildman–Crippen LogP) is 2.63. The summed E-state index contributed by atoms with van der Waals surface area (Å²) in [6.45, 7) is 0. The fraction of sp³-hybridized carbons (Fsp3) is 0. The van der Waals surface area contributed by atoms with Gasteiger partial charge in [0.25, 0.3) is 0 Å². The van der Waals surface area contributed by atoms with Crippen molar-refractivity contribution in [1.82, 2.24) is 14.4 Å². The number of rotatable bonds is 3. The molecule has 24 heavy (non-hydrogen) atoms. The molecular weight excluding hydrogens is 302 g/mol. The van der Waals surface area contributed by atoms with E-state index in [1.807, 2.05) is 41.1 Å². The largest absolute Gasteiger partial charge is 0.345 e. The van der Waals surface area contributed by atoms with E-state index in [-0.39, 0.29) is 11.3 Å². The Kier molecular flexibility index (Phi) is 3.88. The Morgan fingerprint density at radius 1 is 1.04 bits per heavy atom.